The van der Waals surface area contributed by atoms with Gasteiger partial charge in [0.1, 0.15) is 0 Å². The molecule has 1 N–H and O–H groups in total. The first-order valence-electron chi connectivity index (χ1n) is 4.63. The Hall–Kier alpha value is -0.470. The summed E-state index contributed by atoms with van der Waals surface area (Å²) in [6.45, 7) is 2.24. The maximum Gasteiger partial charge on any atom is 0.252 e. The van der Waals surface area contributed by atoms with E-state index in [2.05, 4.69) is 9.71 Å². The molecule has 0 fully saturated rings. The molecule has 0 unspecified atom stereocenters. The monoisotopic (exact) mass is 308 g/mol. The quantitative estimate of drug-likeness (QED) is 0.944. The number of halogens is 1. The predicted molar refractivity (Wildman–Crippen MR) is 70.2 cm³/mol. The molecule has 0 aliphatic rings. The van der Waals surface area contributed by atoms with Crippen LogP contribution in [0.2, 0.25) is 4.47 Å². The molecule has 0 saturated heterocycles. The first kappa shape index (κ1) is 13.0. The number of sulfonamides is 1. The highest BCUT2D eigenvalue weighted by Crippen LogP contribution is 2.23. The van der Waals surface area contributed by atoms with Crippen molar-refractivity contribution in [3.63, 3.8) is 0 Å². The summed E-state index contributed by atoms with van der Waals surface area (Å²) in [7, 11) is -3.50. The fraction of sp³-hybridized carbons (Fsp3) is 0.222. The molecule has 4 nitrogen and oxygen atoms in total. The Morgan fingerprint density at radius 2 is 2.29 bits per heavy atom. The third kappa shape index (κ3) is 3.05. The second kappa shape index (κ2) is 5.03. The highest BCUT2D eigenvalue weighted by atomic mass is 35.5. The number of hydrogen-bond donors (Lipinski definition) is 1. The van der Waals surface area contributed by atoms with Crippen molar-refractivity contribution in [2.24, 2.45) is 0 Å². The normalized spacial score (nSPS) is 11.9. The zero-order chi connectivity index (χ0) is 12.5. The Bertz CT molecular complexity index is 618. The third-order valence-electron chi connectivity index (χ3n) is 2.11. The van der Waals surface area contributed by atoms with Crippen molar-refractivity contribution in [1.82, 2.24) is 9.71 Å². The summed E-state index contributed by atoms with van der Waals surface area (Å²) in [6.07, 6.45) is 1.26. The minimum Gasteiger partial charge on any atom is -0.232 e. The van der Waals surface area contributed by atoms with Gasteiger partial charge in [-0.3, -0.25) is 0 Å². The van der Waals surface area contributed by atoms with Gasteiger partial charge in [0.15, 0.2) is 8.68 Å². The fourth-order valence-corrected chi connectivity index (χ4v) is 4.45. The van der Waals surface area contributed by atoms with Gasteiger partial charge in [-0.05, 0) is 23.9 Å². The number of nitrogens with zero attached hydrogens (tertiary/aromatic N) is 1. The molecule has 2 heterocycles. The van der Waals surface area contributed by atoms with Crippen LogP contribution in [-0.2, 0) is 16.6 Å². The predicted octanol–water partition coefficient (Wildman–Crippen LogP) is 2.64. The van der Waals surface area contributed by atoms with Crippen LogP contribution in [0.4, 0.5) is 0 Å². The SMILES string of the molecule is Cc1ccsc1CNS(=O)(=O)c1cnc(Cl)s1. The lowest BCUT2D eigenvalue weighted by molar-refractivity contribution is 0.583. The van der Waals surface area contributed by atoms with Gasteiger partial charge >= 0.3 is 0 Å². The van der Waals surface area contributed by atoms with Crippen molar-refractivity contribution in [3.05, 3.63) is 32.6 Å². The van der Waals surface area contributed by atoms with Gasteiger partial charge in [0.05, 0.1) is 6.20 Å². The summed E-state index contributed by atoms with van der Waals surface area (Å²) in [6, 6.07) is 1.96. The zero-order valence-electron chi connectivity index (χ0n) is 8.81. The third-order valence-corrected chi connectivity index (χ3v) is 6.11. The van der Waals surface area contributed by atoms with Crippen molar-refractivity contribution in [1.29, 1.82) is 0 Å². The molecule has 0 aliphatic carbocycles. The summed E-state index contributed by atoms with van der Waals surface area (Å²) in [4.78, 5) is 4.72. The molecule has 0 aliphatic heterocycles. The summed E-state index contributed by atoms with van der Waals surface area (Å²) in [5.74, 6) is 0. The Labute approximate surface area is 112 Å². The summed E-state index contributed by atoms with van der Waals surface area (Å²) >= 11 is 8.08. The summed E-state index contributed by atoms with van der Waals surface area (Å²) in [5.41, 5.74) is 1.08. The second-order valence-corrected chi connectivity index (χ2v) is 7.89. The number of nitrogens with one attached hydrogen (secondary N) is 1. The van der Waals surface area contributed by atoms with Crippen LogP contribution in [0.15, 0.2) is 21.9 Å². The first-order chi connectivity index (χ1) is 7.99. The van der Waals surface area contributed by atoms with E-state index in [-0.39, 0.29) is 8.68 Å². The molecule has 8 heteroatoms. The van der Waals surface area contributed by atoms with Crippen LogP contribution >= 0.6 is 34.3 Å². The molecule has 0 amide bonds. The number of aromatic nitrogens is 1. The molecule has 0 aromatic carbocycles. The van der Waals surface area contributed by atoms with Crippen LogP contribution < -0.4 is 4.72 Å². The van der Waals surface area contributed by atoms with E-state index in [1.807, 2.05) is 18.4 Å². The van der Waals surface area contributed by atoms with Crippen molar-refractivity contribution in [3.8, 4) is 0 Å². The van der Waals surface area contributed by atoms with Gasteiger partial charge < -0.3 is 0 Å². The molecular formula is C9H9ClN2O2S3. The van der Waals surface area contributed by atoms with Gasteiger partial charge in [-0.25, -0.2) is 18.1 Å². The van der Waals surface area contributed by atoms with Gasteiger partial charge in [-0.15, -0.1) is 11.3 Å². The standard InChI is InChI=1S/C9H9ClN2O2S3/c1-6-2-3-15-7(6)4-12-17(13,14)8-5-11-9(10)16-8/h2-3,5,12H,4H2,1H3. The average molecular weight is 309 g/mol. The van der Waals surface area contributed by atoms with Gasteiger partial charge in [-0.2, -0.15) is 0 Å². The number of thiazole rings is 1. The second-order valence-electron chi connectivity index (χ2n) is 3.28. The Morgan fingerprint density at radius 3 is 2.82 bits per heavy atom. The topological polar surface area (TPSA) is 59.1 Å². The van der Waals surface area contributed by atoms with E-state index in [0.29, 0.717) is 6.54 Å². The van der Waals surface area contributed by atoms with E-state index in [1.165, 1.54) is 17.5 Å². The van der Waals surface area contributed by atoms with Gasteiger partial charge in [-0.1, -0.05) is 22.9 Å². The lowest BCUT2D eigenvalue weighted by atomic mass is 10.3. The fourth-order valence-electron chi connectivity index (χ4n) is 1.18. The number of aryl methyl sites for hydroxylation is 1. The summed E-state index contributed by atoms with van der Waals surface area (Å²) < 4.78 is 26.6. The molecular weight excluding hydrogens is 300 g/mol. The molecule has 0 radical (unpaired) electrons. The van der Waals surface area contributed by atoms with E-state index in [1.54, 1.807) is 0 Å². The van der Waals surface area contributed by atoms with Gasteiger partial charge in [0, 0.05) is 11.4 Å². The smallest absolute Gasteiger partial charge is 0.232 e. The molecule has 2 rings (SSSR count). The van der Waals surface area contributed by atoms with E-state index in [4.69, 9.17) is 11.6 Å². The number of hydrogen-bond acceptors (Lipinski definition) is 5. The molecule has 2 aromatic rings. The molecule has 0 atom stereocenters. The maximum absolute atomic E-state index is 11.9. The number of thiophene rings is 1. The Balaban J connectivity index is 2.11. The largest absolute Gasteiger partial charge is 0.252 e. The average Bonchev–Trinajstić information content (AvgIpc) is 2.85. The highest BCUT2D eigenvalue weighted by Gasteiger charge is 2.17. The van der Waals surface area contributed by atoms with Gasteiger partial charge in [0.2, 0.25) is 0 Å². The van der Waals surface area contributed by atoms with E-state index in [9.17, 15) is 8.42 Å². The van der Waals surface area contributed by atoms with Crippen LogP contribution in [-0.4, -0.2) is 13.4 Å². The van der Waals surface area contributed by atoms with Crippen LogP contribution in [0.1, 0.15) is 10.4 Å². The molecule has 2 aromatic heterocycles. The summed E-state index contributed by atoms with van der Waals surface area (Å²) in [5, 5.41) is 1.93. The minimum absolute atomic E-state index is 0.136. The van der Waals surface area contributed by atoms with Crippen molar-refractivity contribution in [2.45, 2.75) is 17.7 Å². The Kier molecular flexibility index (Phi) is 3.84. The van der Waals surface area contributed by atoms with Crippen molar-refractivity contribution < 1.29 is 8.42 Å². The molecule has 17 heavy (non-hydrogen) atoms. The van der Waals surface area contributed by atoms with E-state index < -0.39 is 10.0 Å². The van der Waals surface area contributed by atoms with Crippen LogP contribution in [0.5, 0.6) is 0 Å². The highest BCUT2D eigenvalue weighted by molar-refractivity contribution is 7.91. The maximum atomic E-state index is 11.9. The Morgan fingerprint density at radius 1 is 1.53 bits per heavy atom. The number of rotatable bonds is 4. The molecule has 0 saturated carbocycles. The van der Waals surface area contributed by atoms with Crippen molar-refractivity contribution in [2.75, 3.05) is 0 Å². The van der Waals surface area contributed by atoms with Crippen molar-refractivity contribution >= 4 is 44.3 Å². The van der Waals surface area contributed by atoms with E-state index >= 15 is 0 Å². The van der Waals surface area contributed by atoms with E-state index in [0.717, 1.165) is 21.8 Å². The van der Waals surface area contributed by atoms with Gasteiger partial charge in [0.25, 0.3) is 10.0 Å². The molecule has 0 spiro atoms. The lowest BCUT2D eigenvalue weighted by Crippen LogP contribution is -2.22. The zero-order valence-corrected chi connectivity index (χ0v) is 12.0. The lowest BCUT2D eigenvalue weighted by Gasteiger charge is -2.03. The molecule has 92 valence electrons. The van der Waals surface area contributed by atoms with Crippen LogP contribution in [0, 0.1) is 6.92 Å². The first-order valence-corrected chi connectivity index (χ1v) is 8.19. The van der Waals surface area contributed by atoms with Crippen LogP contribution in [0.25, 0.3) is 0 Å². The molecule has 0 bridgehead atoms. The van der Waals surface area contributed by atoms with Crippen LogP contribution in [0.3, 0.4) is 0 Å². The minimum atomic E-state index is -3.50.